The molecule has 3 heteroatoms. The standard InChI is InChI=1S/C13H26O3/c1-6-8-12(10(5)11(14)7-2)16-13(15)9(3)4/h9-12,14H,6-8H2,1-5H3/t10-,11+,12+/m1/s1. The summed E-state index contributed by atoms with van der Waals surface area (Å²) in [7, 11) is 0. The van der Waals surface area contributed by atoms with Gasteiger partial charge in [0, 0.05) is 5.92 Å². The summed E-state index contributed by atoms with van der Waals surface area (Å²) < 4.78 is 5.44. The molecule has 0 radical (unpaired) electrons. The molecule has 0 aromatic rings. The number of carbonyl (C=O) groups is 1. The molecule has 0 amide bonds. The number of aliphatic hydroxyl groups is 1. The SMILES string of the molecule is CCC[C@H](OC(=O)C(C)C)[C@H](C)[C@@H](O)CC. The van der Waals surface area contributed by atoms with Crippen LogP contribution in [0.2, 0.25) is 0 Å². The highest BCUT2D eigenvalue weighted by atomic mass is 16.5. The van der Waals surface area contributed by atoms with Gasteiger partial charge in [0.25, 0.3) is 0 Å². The second-order valence-electron chi connectivity index (χ2n) is 4.75. The van der Waals surface area contributed by atoms with Crippen molar-refractivity contribution in [1.29, 1.82) is 0 Å². The predicted octanol–water partition coefficient (Wildman–Crippen LogP) is 2.76. The largest absolute Gasteiger partial charge is 0.462 e. The van der Waals surface area contributed by atoms with Crippen molar-refractivity contribution in [3.8, 4) is 0 Å². The lowest BCUT2D eigenvalue weighted by Crippen LogP contribution is -2.34. The molecule has 0 spiro atoms. The second kappa shape index (κ2) is 7.66. The maximum Gasteiger partial charge on any atom is 0.308 e. The third-order valence-corrected chi connectivity index (χ3v) is 2.92. The molecule has 0 heterocycles. The van der Waals surface area contributed by atoms with Gasteiger partial charge in [-0.15, -0.1) is 0 Å². The lowest BCUT2D eigenvalue weighted by molar-refractivity contribution is -0.158. The van der Waals surface area contributed by atoms with Gasteiger partial charge in [-0.1, -0.05) is 41.0 Å². The van der Waals surface area contributed by atoms with Crippen molar-refractivity contribution in [1.82, 2.24) is 0 Å². The Kier molecular flexibility index (Phi) is 7.39. The summed E-state index contributed by atoms with van der Waals surface area (Å²) in [6, 6.07) is 0. The van der Waals surface area contributed by atoms with E-state index < -0.39 is 6.10 Å². The Balaban J connectivity index is 4.42. The van der Waals surface area contributed by atoms with Crippen LogP contribution >= 0.6 is 0 Å². The molecular formula is C13H26O3. The summed E-state index contributed by atoms with van der Waals surface area (Å²) in [6.45, 7) is 9.59. The first-order valence-electron chi connectivity index (χ1n) is 6.32. The van der Waals surface area contributed by atoms with Gasteiger partial charge in [0.05, 0.1) is 12.0 Å². The molecule has 3 atom stereocenters. The zero-order chi connectivity index (χ0) is 12.7. The molecule has 0 aliphatic heterocycles. The van der Waals surface area contributed by atoms with E-state index in [-0.39, 0.29) is 23.9 Å². The van der Waals surface area contributed by atoms with E-state index in [4.69, 9.17) is 4.74 Å². The van der Waals surface area contributed by atoms with Crippen LogP contribution in [0.25, 0.3) is 0 Å². The van der Waals surface area contributed by atoms with Gasteiger partial charge in [0.15, 0.2) is 0 Å². The number of hydrogen-bond acceptors (Lipinski definition) is 3. The molecule has 3 nitrogen and oxygen atoms in total. The van der Waals surface area contributed by atoms with E-state index in [1.54, 1.807) is 0 Å². The minimum absolute atomic E-state index is 0.00708. The van der Waals surface area contributed by atoms with Crippen LogP contribution in [0.4, 0.5) is 0 Å². The second-order valence-corrected chi connectivity index (χ2v) is 4.75. The van der Waals surface area contributed by atoms with Crippen molar-refractivity contribution in [2.24, 2.45) is 11.8 Å². The molecule has 0 saturated carbocycles. The van der Waals surface area contributed by atoms with Gasteiger partial charge in [0.1, 0.15) is 6.10 Å². The van der Waals surface area contributed by atoms with Gasteiger partial charge in [-0.2, -0.15) is 0 Å². The summed E-state index contributed by atoms with van der Waals surface area (Å²) in [5.74, 6) is -0.272. The van der Waals surface area contributed by atoms with Gasteiger partial charge in [-0.25, -0.2) is 0 Å². The highest BCUT2D eigenvalue weighted by molar-refractivity contribution is 5.71. The Morgan fingerprint density at radius 3 is 2.19 bits per heavy atom. The zero-order valence-electron chi connectivity index (χ0n) is 11.2. The third kappa shape index (κ3) is 4.97. The summed E-state index contributed by atoms with van der Waals surface area (Å²) in [6.07, 6.45) is 1.92. The van der Waals surface area contributed by atoms with Crippen LogP contribution in [0, 0.1) is 11.8 Å². The monoisotopic (exact) mass is 230 g/mol. The first-order valence-corrected chi connectivity index (χ1v) is 6.32. The Labute approximate surface area is 99.2 Å². The van der Waals surface area contributed by atoms with Crippen molar-refractivity contribution in [2.75, 3.05) is 0 Å². The highest BCUT2D eigenvalue weighted by Gasteiger charge is 2.26. The number of hydrogen-bond donors (Lipinski definition) is 1. The summed E-state index contributed by atoms with van der Waals surface area (Å²) >= 11 is 0. The smallest absolute Gasteiger partial charge is 0.308 e. The number of carbonyl (C=O) groups excluding carboxylic acids is 1. The van der Waals surface area contributed by atoms with Crippen molar-refractivity contribution in [3.63, 3.8) is 0 Å². The van der Waals surface area contributed by atoms with Crippen LogP contribution in [0.5, 0.6) is 0 Å². The van der Waals surface area contributed by atoms with Crippen molar-refractivity contribution >= 4 is 5.97 Å². The van der Waals surface area contributed by atoms with E-state index in [1.807, 2.05) is 27.7 Å². The van der Waals surface area contributed by atoms with Gasteiger partial charge < -0.3 is 9.84 Å². The van der Waals surface area contributed by atoms with Gasteiger partial charge in [-0.05, 0) is 12.8 Å². The number of rotatable bonds is 7. The van der Waals surface area contributed by atoms with E-state index in [0.29, 0.717) is 6.42 Å². The Morgan fingerprint density at radius 2 is 1.81 bits per heavy atom. The van der Waals surface area contributed by atoms with Crippen LogP contribution in [0.3, 0.4) is 0 Å². The van der Waals surface area contributed by atoms with Crippen LogP contribution in [-0.4, -0.2) is 23.3 Å². The third-order valence-electron chi connectivity index (χ3n) is 2.92. The summed E-state index contributed by atoms with van der Waals surface area (Å²) in [4.78, 5) is 11.5. The molecule has 96 valence electrons. The van der Waals surface area contributed by atoms with E-state index >= 15 is 0 Å². The van der Waals surface area contributed by atoms with Crippen LogP contribution in [-0.2, 0) is 9.53 Å². The molecule has 0 aromatic heterocycles. The normalized spacial score (nSPS) is 16.9. The molecule has 0 bridgehead atoms. The average molecular weight is 230 g/mol. The molecule has 0 aromatic carbocycles. The molecule has 0 fully saturated rings. The van der Waals surface area contributed by atoms with Gasteiger partial charge >= 0.3 is 5.97 Å². The van der Waals surface area contributed by atoms with Crippen LogP contribution in [0.15, 0.2) is 0 Å². The Bertz CT molecular complexity index is 201. The van der Waals surface area contributed by atoms with Crippen molar-refractivity contribution in [2.45, 2.75) is 66.1 Å². The Hall–Kier alpha value is -0.570. The molecule has 0 aliphatic carbocycles. The Morgan fingerprint density at radius 1 is 1.25 bits per heavy atom. The summed E-state index contributed by atoms with van der Waals surface area (Å²) in [5, 5.41) is 9.78. The fraction of sp³-hybridized carbons (Fsp3) is 0.923. The number of aliphatic hydroxyl groups excluding tert-OH is 1. The molecular weight excluding hydrogens is 204 g/mol. The van der Waals surface area contributed by atoms with Gasteiger partial charge in [-0.3, -0.25) is 4.79 Å². The fourth-order valence-corrected chi connectivity index (χ4v) is 1.62. The lowest BCUT2D eigenvalue weighted by Gasteiger charge is -2.27. The average Bonchev–Trinajstić information content (AvgIpc) is 2.26. The zero-order valence-corrected chi connectivity index (χ0v) is 11.2. The minimum atomic E-state index is -0.392. The molecule has 0 aliphatic rings. The number of ether oxygens (including phenoxy) is 1. The first kappa shape index (κ1) is 15.4. The van der Waals surface area contributed by atoms with Crippen molar-refractivity contribution in [3.05, 3.63) is 0 Å². The van der Waals surface area contributed by atoms with Crippen LogP contribution in [0.1, 0.15) is 53.9 Å². The molecule has 0 saturated heterocycles. The van der Waals surface area contributed by atoms with E-state index in [0.717, 1.165) is 12.8 Å². The maximum absolute atomic E-state index is 11.5. The highest BCUT2D eigenvalue weighted by Crippen LogP contribution is 2.20. The molecule has 16 heavy (non-hydrogen) atoms. The fourth-order valence-electron chi connectivity index (χ4n) is 1.62. The maximum atomic E-state index is 11.5. The van der Waals surface area contributed by atoms with Crippen LogP contribution < -0.4 is 0 Å². The van der Waals surface area contributed by atoms with Crippen molar-refractivity contribution < 1.29 is 14.6 Å². The predicted molar refractivity (Wildman–Crippen MR) is 65.1 cm³/mol. The molecule has 1 N–H and O–H groups in total. The minimum Gasteiger partial charge on any atom is -0.462 e. The molecule has 0 rings (SSSR count). The van der Waals surface area contributed by atoms with Gasteiger partial charge in [0.2, 0.25) is 0 Å². The molecule has 0 unspecified atom stereocenters. The topological polar surface area (TPSA) is 46.5 Å². The quantitative estimate of drug-likeness (QED) is 0.684. The number of esters is 1. The summed E-state index contributed by atoms with van der Waals surface area (Å²) in [5.41, 5.74) is 0. The van der Waals surface area contributed by atoms with E-state index in [1.165, 1.54) is 0 Å². The van der Waals surface area contributed by atoms with E-state index in [2.05, 4.69) is 6.92 Å². The van der Waals surface area contributed by atoms with E-state index in [9.17, 15) is 9.90 Å². The first-order chi connectivity index (χ1) is 7.43. The lowest BCUT2D eigenvalue weighted by atomic mass is 9.93.